The Bertz CT molecular complexity index is 619. The maximum absolute atomic E-state index is 12.2. The van der Waals surface area contributed by atoms with E-state index >= 15 is 0 Å². The van der Waals surface area contributed by atoms with Crippen LogP contribution in [0.15, 0.2) is 24.3 Å². The molecule has 2 heterocycles. The number of rotatable bonds is 3. The molecule has 1 saturated carbocycles. The second kappa shape index (κ2) is 5.41. The lowest BCUT2D eigenvalue weighted by Crippen LogP contribution is -2.56. The monoisotopic (exact) mass is 317 g/mol. The van der Waals surface area contributed by atoms with Gasteiger partial charge in [0.2, 0.25) is 0 Å². The minimum Gasteiger partial charge on any atom is -0.497 e. The fraction of sp³-hybridized carbons (Fsp3) is 0.611. The molecule has 1 amide bonds. The van der Waals surface area contributed by atoms with E-state index in [2.05, 4.69) is 12.1 Å². The highest BCUT2D eigenvalue weighted by atomic mass is 16.6. The van der Waals surface area contributed by atoms with Crippen LogP contribution in [0.2, 0.25) is 0 Å². The molecule has 2 aliphatic heterocycles. The van der Waals surface area contributed by atoms with Crippen molar-refractivity contribution in [2.45, 2.75) is 49.9 Å². The Balaban J connectivity index is 1.64. The number of piperidine rings is 1. The number of benzene rings is 1. The standard InChI is InChI=1S/C18H23NO4/c1-3-22-17(20)19-8-7-18(11-13(19)10-15-16(18)23-15)12-5-4-6-14(9-12)21-2/h4-6,9,13,15-16H,3,7-8,10-11H2,1-2H3. The number of hydrogen-bond acceptors (Lipinski definition) is 4. The smallest absolute Gasteiger partial charge is 0.409 e. The van der Waals surface area contributed by atoms with Gasteiger partial charge in [0, 0.05) is 18.0 Å². The average molecular weight is 317 g/mol. The van der Waals surface area contributed by atoms with Crippen molar-refractivity contribution in [2.75, 3.05) is 20.3 Å². The van der Waals surface area contributed by atoms with Gasteiger partial charge in [-0.3, -0.25) is 0 Å². The molecule has 5 nitrogen and oxygen atoms in total. The molecule has 4 unspecified atom stereocenters. The molecule has 5 heteroatoms. The summed E-state index contributed by atoms with van der Waals surface area (Å²) in [6.07, 6.45) is 3.16. The van der Waals surface area contributed by atoms with Crippen LogP contribution < -0.4 is 4.74 Å². The number of carbonyl (C=O) groups is 1. The summed E-state index contributed by atoms with van der Waals surface area (Å²) in [7, 11) is 1.69. The summed E-state index contributed by atoms with van der Waals surface area (Å²) in [5.74, 6) is 0.879. The zero-order chi connectivity index (χ0) is 16.0. The van der Waals surface area contributed by atoms with E-state index in [1.54, 1.807) is 7.11 Å². The van der Waals surface area contributed by atoms with Gasteiger partial charge in [0.1, 0.15) is 5.75 Å². The average Bonchev–Trinajstić information content (AvgIpc) is 3.35. The number of hydrogen-bond donors (Lipinski definition) is 0. The quantitative estimate of drug-likeness (QED) is 0.804. The lowest BCUT2D eigenvalue weighted by atomic mass is 9.63. The Labute approximate surface area is 136 Å². The van der Waals surface area contributed by atoms with E-state index in [4.69, 9.17) is 14.2 Å². The largest absolute Gasteiger partial charge is 0.497 e. The van der Waals surface area contributed by atoms with Crippen LogP contribution in [-0.2, 0) is 14.9 Å². The summed E-state index contributed by atoms with van der Waals surface area (Å²) in [6.45, 7) is 3.00. The fourth-order valence-corrected chi connectivity index (χ4v) is 4.49. The molecular weight excluding hydrogens is 294 g/mol. The molecular formula is C18H23NO4. The summed E-state index contributed by atoms with van der Waals surface area (Å²) < 4.78 is 16.6. The van der Waals surface area contributed by atoms with E-state index in [-0.39, 0.29) is 29.8 Å². The van der Waals surface area contributed by atoms with Gasteiger partial charge in [-0.2, -0.15) is 0 Å². The molecule has 23 heavy (non-hydrogen) atoms. The normalized spacial score (nSPS) is 34.5. The van der Waals surface area contributed by atoms with E-state index in [1.807, 2.05) is 24.0 Å². The summed E-state index contributed by atoms with van der Waals surface area (Å²) in [5, 5.41) is 0. The number of amides is 1. The predicted octanol–water partition coefficient (Wildman–Crippen LogP) is 2.73. The SMILES string of the molecule is CCOC(=O)N1CCC2(c3cccc(OC)c3)CC1CC1OC12. The van der Waals surface area contributed by atoms with E-state index in [1.165, 1.54) is 5.56 Å². The van der Waals surface area contributed by atoms with Crippen molar-refractivity contribution in [1.82, 2.24) is 4.90 Å². The summed E-state index contributed by atoms with van der Waals surface area (Å²) in [6, 6.07) is 8.52. The summed E-state index contributed by atoms with van der Waals surface area (Å²) in [4.78, 5) is 14.1. The number of fused-ring (bicyclic) bond motifs is 4. The molecule has 0 radical (unpaired) electrons. The molecule has 2 bridgehead atoms. The number of methoxy groups -OCH3 is 1. The van der Waals surface area contributed by atoms with Crippen LogP contribution >= 0.6 is 0 Å². The minimum absolute atomic E-state index is 0.00508. The number of epoxide rings is 1. The molecule has 4 atom stereocenters. The topological polar surface area (TPSA) is 51.3 Å². The molecule has 0 aromatic heterocycles. The summed E-state index contributed by atoms with van der Waals surface area (Å²) >= 11 is 0. The zero-order valence-corrected chi connectivity index (χ0v) is 13.7. The van der Waals surface area contributed by atoms with Crippen molar-refractivity contribution in [1.29, 1.82) is 0 Å². The maximum atomic E-state index is 12.2. The van der Waals surface area contributed by atoms with Gasteiger partial charge < -0.3 is 19.1 Å². The minimum atomic E-state index is -0.184. The Kier molecular flexibility index (Phi) is 3.48. The van der Waals surface area contributed by atoms with Crippen LogP contribution in [0.3, 0.4) is 0 Å². The molecule has 124 valence electrons. The number of carbonyl (C=O) groups excluding carboxylic acids is 1. The third-order valence-electron chi connectivity index (χ3n) is 5.62. The van der Waals surface area contributed by atoms with Crippen LogP contribution in [0, 0.1) is 0 Å². The van der Waals surface area contributed by atoms with Gasteiger partial charge in [-0.1, -0.05) is 12.1 Å². The molecule has 1 aliphatic carbocycles. The number of ether oxygens (including phenoxy) is 3. The first-order valence-corrected chi connectivity index (χ1v) is 8.41. The molecule has 0 N–H and O–H groups in total. The Hall–Kier alpha value is -1.75. The summed E-state index contributed by atoms with van der Waals surface area (Å²) in [5.41, 5.74) is 1.28. The molecule has 4 rings (SSSR count). The first-order valence-electron chi connectivity index (χ1n) is 8.41. The fourth-order valence-electron chi connectivity index (χ4n) is 4.49. The van der Waals surface area contributed by atoms with Crippen molar-refractivity contribution < 1.29 is 19.0 Å². The molecule has 0 spiro atoms. The van der Waals surface area contributed by atoms with Crippen molar-refractivity contribution >= 4 is 6.09 Å². The van der Waals surface area contributed by atoms with Crippen molar-refractivity contribution in [3.05, 3.63) is 29.8 Å². The Morgan fingerprint density at radius 1 is 1.48 bits per heavy atom. The lowest BCUT2D eigenvalue weighted by molar-refractivity contribution is 0.0429. The first-order chi connectivity index (χ1) is 11.2. The second-order valence-corrected chi connectivity index (χ2v) is 6.72. The van der Waals surface area contributed by atoms with Crippen LogP contribution in [0.25, 0.3) is 0 Å². The van der Waals surface area contributed by atoms with E-state index in [0.717, 1.165) is 31.6 Å². The third kappa shape index (κ3) is 2.29. The second-order valence-electron chi connectivity index (χ2n) is 6.72. The van der Waals surface area contributed by atoms with Gasteiger partial charge >= 0.3 is 6.09 Å². The van der Waals surface area contributed by atoms with E-state index in [0.29, 0.717) is 6.61 Å². The first kappa shape index (κ1) is 14.8. The zero-order valence-electron chi connectivity index (χ0n) is 13.7. The lowest BCUT2D eigenvalue weighted by Gasteiger charge is -2.48. The number of nitrogens with zero attached hydrogens (tertiary/aromatic N) is 1. The van der Waals surface area contributed by atoms with Crippen molar-refractivity contribution in [3.8, 4) is 5.75 Å². The van der Waals surface area contributed by atoms with Crippen LogP contribution in [0.5, 0.6) is 5.75 Å². The van der Waals surface area contributed by atoms with Gasteiger partial charge in [-0.15, -0.1) is 0 Å². The highest BCUT2D eigenvalue weighted by molar-refractivity contribution is 5.68. The van der Waals surface area contributed by atoms with Gasteiger partial charge in [-0.25, -0.2) is 4.79 Å². The highest BCUT2D eigenvalue weighted by Crippen LogP contribution is 2.56. The molecule has 1 aromatic carbocycles. The van der Waals surface area contributed by atoms with Crippen molar-refractivity contribution in [2.24, 2.45) is 0 Å². The van der Waals surface area contributed by atoms with Gasteiger partial charge in [0.05, 0.1) is 25.9 Å². The third-order valence-corrected chi connectivity index (χ3v) is 5.62. The number of likely N-dealkylation sites (tertiary alicyclic amines) is 1. The van der Waals surface area contributed by atoms with Crippen LogP contribution in [0.1, 0.15) is 31.7 Å². The van der Waals surface area contributed by atoms with E-state index < -0.39 is 0 Å². The molecule has 1 aromatic rings. The predicted molar refractivity (Wildman–Crippen MR) is 84.7 cm³/mol. The van der Waals surface area contributed by atoms with Crippen LogP contribution in [0.4, 0.5) is 4.79 Å². The Morgan fingerprint density at radius 3 is 3.13 bits per heavy atom. The van der Waals surface area contributed by atoms with Gasteiger partial charge in [-0.05, 0) is 43.9 Å². The maximum Gasteiger partial charge on any atom is 0.409 e. The molecule has 3 aliphatic rings. The van der Waals surface area contributed by atoms with Gasteiger partial charge in [0.15, 0.2) is 0 Å². The molecule has 2 saturated heterocycles. The van der Waals surface area contributed by atoms with Gasteiger partial charge in [0.25, 0.3) is 0 Å². The molecule has 3 fully saturated rings. The van der Waals surface area contributed by atoms with Crippen molar-refractivity contribution in [3.63, 3.8) is 0 Å². The highest BCUT2D eigenvalue weighted by Gasteiger charge is 2.63. The van der Waals surface area contributed by atoms with Crippen LogP contribution in [-0.4, -0.2) is 49.5 Å². The Morgan fingerprint density at radius 2 is 2.35 bits per heavy atom. The van der Waals surface area contributed by atoms with E-state index in [9.17, 15) is 4.79 Å².